The average molecular weight is 448 g/mol. The summed E-state index contributed by atoms with van der Waals surface area (Å²) in [6.07, 6.45) is 0. The summed E-state index contributed by atoms with van der Waals surface area (Å²) in [6.45, 7) is 3.64. The summed E-state index contributed by atoms with van der Waals surface area (Å²) in [7, 11) is -2.17. The Morgan fingerprint density at radius 2 is 1.66 bits per heavy atom. The molecule has 0 bridgehead atoms. The third-order valence-electron chi connectivity index (χ3n) is 4.64. The second kappa shape index (κ2) is 9.11. The van der Waals surface area contributed by atoms with Crippen LogP contribution in [0.1, 0.15) is 16.7 Å². The maximum Gasteiger partial charge on any atom is 0.262 e. The maximum absolute atomic E-state index is 13.1. The molecule has 0 saturated heterocycles. The molecule has 0 spiro atoms. The molecule has 0 fully saturated rings. The predicted octanol–water partition coefficient (Wildman–Crippen LogP) is 6.06. The van der Waals surface area contributed by atoms with Crippen molar-refractivity contribution in [2.45, 2.75) is 29.4 Å². The summed E-state index contributed by atoms with van der Waals surface area (Å²) in [5.41, 5.74) is 3.14. The molecule has 0 aliphatic rings. The molecule has 1 N–H and O–H groups in total. The lowest BCUT2D eigenvalue weighted by Crippen LogP contribution is -2.15. The molecule has 0 aromatic heterocycles. The van der Waals surface area contributed by atoms with Gasteiger partial charge in [-0.1, -0.05) is 35.9 Å². The lowest BCUT2D eigenvalue weighted by molar-refractivity contribution is 0.411. The zero-order valence-corrected chi connectivity index (χ0v) is 18.8. The van der Waals surface area contributed by atoms with E-state index in [1.165, 1.54) is 0 Å². The molecule has 4 nitrogen and oxygen atoms in total. The van der Waals surface area contributed by atoms with E-state index >= 15 is 0 Å². The van der Waals surface area contributed by atoms with Gasteiger partial charge in [-0.3, -0.25) is 4.72 Å². The second-order valence-corrected chi connectivity index (χ2v) is 9.64. The fourth-order valence-corrected chi connectivity index (χ4v) is 5.44. The van der Waals surface area contributed by atoms with Crippen LogP contribution in [0, 0.1) is 13.8 Å². The molecule has 0 radical (unpaired) electrons. The van der Waals surface area contributed by atoms with Crippen molar-refractivity contribution < 1.29 is 13.2 Å². The number of nitrogens with one attached hydrogen (secondary N) is 1. The minimum atomic E-state index is -3.74. The van der Waals surface area contributed by atoms with Crippen molar-refractivity contribution >= 4 is 39.1 Å². The van der Waals surface area contributed by atoms with Crippen molar-refractivity contribution in [3.63, 3.8) is 0 Å². The number of methoxy groups -OCH3 is 1. The lowest BCUT2D eigenvalue weighted by Gasteiger charge is -2.16. The monoisotopic (exact) mass is 447 g/mol. The molecule has 3 aromatic rings. The number of anilines is 1. The molecule has 3 aromatic carbocycles. The molecule has 0 amide bonds. The Bertz CT molecular complexity index is 1110. The van der Waals surface area contributed by atoms with Gasteiger partial charge in [0.05, 0.1) is 17.7 Å². The Labute approximate surface area is 181 Å². The molecule has 0 aliphatic carbocycles. The molecular weight excluding hydrogens is 426 g/mol. The van der Waals surface area contributed by atoms with Crippen LogP contribution in [0.25, 0.3) is 0 Å². The van der Waals surface area contributed by atoms with Crippen LogP contribution in [0.5, 0.6) is 5.75 Å². The lowest BCUT2D eigenvalue weighted by atomic mass is 10.1. The van der Waals surface area contributed by atoms with E-state index < -0.39 is 10.0 Å². The molecular formula is C22H22ClNO3S2. The van der Waals surface area contributed by atoms with Crippen molar-refractivity contribution in [2.24, 2.45) is 0 Å². The summed E-state index contributed by atoms with van der Waals surface area (Å²) in [6, 6.07) is 18.3. The third-order valence-corrected chi connectivity index (χ3v) is 7.54. The van der Waals surface area contributed by atoms with Crippen LogP contribution in [-0.2, 0) is 15.8 Å². The van der Waals surface area contributed by atoms with Crippen LogP contribution in [-0.4, -0.2) is 15.5 Å². The van der Waals surface area contributed by atoms with Crippen molar-refractivity contribution in [3.05, 3.63) is 82.4 Å². The van der Waals surface area contributed by atoms with Crippen molar-refractivity contribution in [3.8, 4) is 5.75 Å². The Balaban J connectivity index is 1.84. The molecule has 0 atom stereocenters. The normalized spacial score (nSPS) is 11.3. The number of hydrogen-bond acceptors (Lipinski definition) is 4. The van der Waals surface area contributed by atoms with E-state index in [1.54, 1.807) is 44.0 Å². The Kier molecular flexibility index (Phi) is 6.77. The first-order valence-electron chi connectivity index (χ1n) is 8.95. The van der Waals surface area contributed by atoms with Crippen molar-refractivity contribution in [1.29, 1.82) is 0 Å². The molecule has 0 unspecified atom stereocenters. The van der Waals surface area contributed by atoms with E-state index in [2.05, 4.69) is 4.72 Å². The summed E-state index contributed by atoms with van der Waals surface area (Å²) in [4.78, 5) is 1.10. The van der Waals surface area contributed by atoms with E-state index in [-0.39, 0.29) is 4.90 Å². The first-order chi connectivity index (χ1) is 13.8. The van der Waals surface area contributed by atoms with Crippen molar-refractivity contribution in [1.82, 2.24) is 0 Å². The third kappa shape index (κ3) is 5.07. The zero-order chi connectivity index (χ0) is 21.0. The smallest absolute Gasteiger partial charge is 0.262 e. The summed E-state index contributed by atoms with van der Waals surface area (Å²) < 4.78 is 34.2. The van der Waals surface area contributed by atoms with Gasteiger partial charge >= 0.3 is 0 Å². The van der Waals surface area contributed by atoms with Gasteiger partial charge < -0.3 is 4.74 Å². The van der Waals surface area contributed by atoms with E-state index in [0.717, 1.165) is 16.0 Å². The topological polar surface area (TPSA) is 55.4 Å². The van der Waals surface area contributed by atoms with Gasteiger partial charge in [-0.05, 0) is 66.9 Å². The van der Waals surface area contributed by atoms with Crippen LogP contribution < -0.4 is 9.46 Å². The van der Waals surface area contributed by atoms with E-state index in [4.69, 9.17) is 16.3 Å². The van der Waals surface area contributed by atoms with E-state index in [9.17, 15) is 8.42 Å². The number of thioether (sulfide) groups is 1. The highest BCUT2D eigenvalue weighted by Crippen LogP contribution is 2.33. The molecule has 29 heavy (non-hydrogen) atoms. The summed E-state index contributed by atoms with van der Waals surface area (Å²) >= 11 is 7.50. The number of hydrogen-bond donors (Lipinski definition) is 1. The number of halogens is 1. The molecule has 0 saturated carbocycles. The molecule has 7 heteroatoms. The Hall–Kier alpha value is -2.15. The van der Waals surface area contributed by atoms with Crippen LogP contribution in [0.15, 0.2) is 70.5 Å². The molecule has 0 heterocycles. The van der Waals surface area contributed by atoms with Gasteiger partial charge in [0.15, 0.2) is 0 Å². The van der Waals surface area contributed by atoms with Gasteiger partial charge in [-0.25, -0.2) is 8.42 Å². The van der Waals surface area contributed by atoms with E-state index in [1.807, 2.05) is 49.4 Å². The minimum Gasteiger partial charge on any atom is -0.496 e. The average Bonchev–Trinajstić information content (AvgIpc) is 2.70. The van der Waals surface area contributed by atoms with Gasteiger partial charge in [0.25, 0.3) is 10.0 Å². The van der Waals surface area contributed by atoms with Crippen LogP contribution in [0.4, 0.5) is 5.69 Å². The number of benzene rings is 3. The van der Waals surface area contributed by atoms with Gasteiger partial charge in [0, 0.05) is 15.7 Å². The van der Waals surface area contributed by atoms with Crippen LogP contribution in [0.2, 0.25) is 5.02 Å². The highest BCUT2D eigenvalue weighted by molar-refractivity contribution is 7.98. The number of ether oxygens (including phenoxy) is 1. The number of sulfonamides is 1. The summed E-state index contributed by atoms with van der Waals surface area (Å²) in [5, 5.41) is 0.692. The highest BCUT2D eigenvalue weighted by Gasteiger charge is 2.20. The first-order valence-corrected chi connectivity index (χ1v) is 11.8. The van der Waals surface area contributed by atoms with Gasteiger partial charge in [-0.2, -0.15) is 0 Å². The van der Waals surface area contributed by atoms with Gasteiger partial charge in [0.1, 0.15) is 5.75 Å². The fraction of sp³-hybridized carbons (Fsp3) is 0.182. The second-order valence-electron chi connectivity index (χ2n) is 6.53. The highest BCUT2D eigenvalue weighted by atomic mass is 35.5. The molecule has 0 aliphatic heterocycles. The largest absolute Gasteiger partial charge is 0.496 e. The Morgan fingerprint density at radius 3 is 2.34 bits per heavy atom. The number of rotatable bonds is 7. The predicted molar refractivity (Wildman–Crippen MR) is 121 cm³/mol. The summed E-state index contributed by atoms with van der Waals surface area (Å²) in [5.74, 6) is 1.37. The molecule has 152 valence electrons. The quantitative estimate of drug-likeness (QED) is 0.447. The Morgan fingerprint density at radius 1 is 0.966 bits per heavy atom. The van der Waals surface area contributed by atoms with Crippen LogP contribution >= 0.6 is 23.4 Å². The zero-order valence-electron chi connectivity index (χ0n) is 16.4. The standard InChI is InChI=1S/C22H22ClNO3S2/c1-15-16(2)22(13-12-20(15)27-3)29(25,26)24-19-6-4-5-7-21(19)28-14-17-8-10-18(23)11-9-17/h4-13,24H,14H2,1-3H3. The SMILES string of the molecule is COc1ccc(S(=O)(=O)Nc2ccccc2SCc2ccc(Cl)cc2)c(C)c1C. The minimum absolute atomic E-state index is 0.244. The van der Waals surface area contributed by atoms with Gasteiger partial charge in [0.2, 0.25) is 0 Å². The number of para-hydroxylation sites is 1. The first kappa shape index (κ1) is 21.6. The molecule has 3 rings (SSSR count). The van der Waals surface area contributed by atoms with Crippen molar-refractivity contribution in [2.75, 3.05) is 11.8 Å². The van der Waals surface area contributed by atoms with Gasteiger partial charge in [-0.15, -0.1) is 11.8 Å². The maximum atomic E-state index is 13.1. The van der Waals surface area contributed by atoms with E-state index in [0.29, 0.717) is 27.8 Å². The van der Waals surface area contributed by atoms with Crippen LogP contribution in [0.3, 0.4) is 0 Å². The fourth-order valence-electron chi connectivity index (χ4n) is 2.90.